The van der Waals surface area contributed by atoms with Crippen LogP contribution >= 0.6 is 0 Å². The first-order valence-electron chi connectivity index (χ1n) is 13.9. The van der Waals surface area contributed by atoms with Crippen molar-refractivity contribution in [2.75, 3.05) is 30.4 Å². The Morgan fingerprint density at radius 3 is 2.50 bits per heavy atom. The predicted octanol–water partition coefficient (Wildman–Crippen LogP) is 3.57. The Morgan fingerprint density at radius 1 is 1.02 bits per heavy atom. The summed E-state index contributed by atoms with van der Waals surface area (Å²) in [6, 6.07) is 19.7. The topological polar surface area (TPSA) is 117 Å². The number of nitrogens with zero attached hydrogens (tertiary/aromatic N) is 1. The fraction of sp³-hybridized carbons (Fsp3) is 0.387. The van der Waals surface area contributed by atoms with E-state index in [4.69, 9.17) is 9.47 Å². The number of rotatable bonds is 9. The Bertz CT molecular complexity index is 1440. The number of hydrogen-bond donors (Lipinski definition) is 3. The number of likely N-dealkylation sites (tertiary alicyclic amines) is 1. The highest BCUT2D eigenvalue weighted by atomic mass is 16.5. The SMILES string of the molecule is CCOc1ccc(NC(=O)[C@@H]2[C@@H]3CCC4(O3)C(C(=O)Nc3ccc5ccccc5c3)N(CCCO)C(=O)[C@H]24)cc1. The standard InChI is InChI=1S/C31H33N3O6/c1-2-39-23-12-10-21(11-13-23)32-28(36)25-24-14-15-31(40-24)26(25)30(38)34(16-5-17-35)27(31)29(37)33-22-9-8-19-6-3-4-7-20(19)18-22/h3-4,6-13,18,24-27,35H,2,5,14-17H2,1H3,(H,32,36)(H,33,37)/t24-,25+,26-,27?,31?/m0/s1. The van der Waals surface area contributed by atoms with E-state index in [2.05, 4.69) is 10.6 Å². The molecule has 9 nitrogen and oxygen atoms in total. The molecule has 3 aromatic carbocycles. The molecule has 208 valence electrons. The fourth-order valence-electron chi connectivity index (χ4n) is 6.74. The highest BCUT2D eigenvalue weighted by Crippen LogP contribution is 2.58. The lowest BCUT2D eigenvalue weighted by atomic mass is 9.70. The molecule has 0 radical (unpaired) electrons. The van der Waals surface area contributed by atoms with Crippen molar-refractivity contribution < 1.29 is 29.0 Å². The summed E-state index contributed by atoms with van der Waals surface area (Å²) in [5, 5.41) is 17.5. The molecule has 2 unspecified atom stereocenters. The summed E-state index contributed by atoms with van der Waals surface area (Å²) in [7, 11) is 0. The summed E-state index contributed by atoms with van der Waals surface area (Å²) in [6.45, 7) is 2.52. The molecular weight excluding hydrogens is 510 g/mol. The molecule has 0 aromatic heterocycles. The van der Waals surface area contributed by atoms with Gasteiger partial charge in [-0.3, -0.25) is 14.4 Å². The van der Waals surface area contributed by atoms with E-state index < -0.39 is 29.6 Å². The summed E-state index contributed by atoms with van der Waals surface area (Å²) in [5.41, 5.74) is 0.118. The maximum atomic E-state index is 13.9. The summed E-state index contributed by atoms with van der Waals surface area (Å²) in [4.78, 5) is 42.9. The maximum Gasteiger partial charge on any atom is 0.250 e. The van der Waals surface area contributed by atoms with Gasteiger partial charge in [0.2, 0.25) is 17.7 Å². The molecule has 3 amide bonds. The van der Waals surface area contributed by atoms with Crippen molar-refractivity contribution in [3.05, 3.63) is 66.7 Å². The monoisotopic (exact) mass is 543 g/mol. The van der Waals surface area contributed by atoms with Crippen LogP contribution in [0.5, 0.6) is 5.75 Å². The van der Waals surface area contributed by atoms with E-state index >= 15 is 0 Å². The zero-order valence-corrected chi connectivity index (χ0v) is 22.3. The fourth-order valence-corrected chi connectivity index (χ4v) is 6.74. The van der Waals surface area contributed by atoms with Gasteiger partial charge in [-0.05, 0) is 73.4 Å². The van der Waals surface area contributed by atoms with Crippen molar-refractivity contribution in [1.29, 1.82) is 0 Å². The number of anilines is 2. The number of carbonyl (C=O) groups excluding carboxylic acids is 3. The molecule has 3 N–H and O–H groups in total. The molecule has 5 atom stereocenters. The van der Waals surface area contributed by atoms with Crippen LogP contribution in [0.15, 0.2) is 66.7 Å². The summed E-state index contributed by atoms with van der Waals surface area (Å²) in [6.07, 6.45) is 0.957. The van der Waals surface area contributed by atoms with Crippen molar-refractivity contribution in [3.63, 3.8) is 0 Å². The Labute approximate surface area is 232 Å². The average molecular weight is 544 g/mol. The molecule has 3 aliphatic rings. The lowest BCUT2D eigenvalue weighted by molar-refractivity contribution is -0.139. The zero-order valence-electron chi connectivity index (χ0n) is 22.3. The molecule has 9 heteroatoms. The van der Waals surface area contributed by atoms with Crippen LogP contribution in [0, 0.1) is 11.8 Å². The van der Waals surface area contributed by atoms with Gasteiger partial charge in [-0.15, -0.1) is 0 Å². The highest BCUT2D eigenvalue weighted by molar-refractivity contribution is 6.05. The number of benzene rings is 3. The summed E-state index contributed by atoms with van der Waals surface area (Å²) in [5.74, 6) is -1.72. The minimum Gasteiger partial charge on any atom is -0.494 e. The second kappa shape index (κ2) is 10.6. The largest absolute Gasteiger partial charge is 0.494 e. The van der Waals surface area contributed by atoms with Crippen molar-refractivity contribution in [2.24, 2.45) is 11.8 Å². The van der Waals surface area contributed by atoms with E-state index in [1.54, 1.807) is 24.3 Å². The van der Waals surface area contributed by atoms with Crippen molar-refractivity contribution in [3.8, 4) is 5.75 Å². The van der Waals surface area contributed by atoms with E-state index in [-0.39, 0.29) is 30.9 Å². The molecule has 6 rings (SSSR count). The molecule has 2 bridgehead atoms. The van der Waals surface area contributed by atoms with E-state index in [0.717, 1.165) is 10.8 Å². The molecule has 3 saturated heterocycles. The Kier molecular flexibility index (Phi) is 6.93. The molecule has 1 spiro atoms. The Hall–Kier alpha value is -3.95. The number of nitrogens with one attached hydrogen (secondary N) is 2. The number of carbonyl (C=O) groups is 3. The average Bonchev–Trinajstić information content (AvgIpc) is 3.60. The maximum absolute atomic E-state index is 13.9. The molecule has 3 fully saturated rings. The second-order valence-electron chi connectivity index (χ2n) is 10.7. The smallest absolute Gasteiger partial charge is 0.250 e. The second-order valence-corrected chi connectivity index (χ2v) is 10.7. The van der Waals surface area contributed by atoms with E-state index in [0.29, 0.717) is 43.0 Å². The lowest BCUT2D eigenvalue weighted by Crippen LogP contribution is -2.53. The van der Waals surface area contributed by atoms with Gasteiger partial charge in [-0.2, -0.15) is 0 Å². The first-order valence-corrected chi connectivity index (χ1v) is 13.9. The van der Waals surface area contributed by atoms with Crippen LogP contribution in [0.2, 0.25) is 0 Å². The van der Waals surface area contributed by atoms with Crippen molar-refractivity contribution in [2.45, 2.75) is 43.9 Å². The van der Waals surface area contributed by atoms with Crippen LogP contribution in [-0.2, 0) is 19.1 Å². The minimum absolute atomic E-state index is 0.119. The Morgan fingerprint density at radius 2 is 1.75 bits per heavy atom. The van der Waals surface area contributed by atoms with Crippen LogP contribution in [0.1, 0.15) is 26.2 Å². The third-order valence-electron chi connectivity index (χ3n) is 8.36. The van der Waals surface area contributed by atoms with E-state index in [1.165, 1.54) is 4.90 Å². The normalized spacial score (nSPS) is 26.6. The molecule has 0 aliphatic carbocycles. The number of aliphatic hydroxyl groups excluding tert-OH is 1. The van der Waals surface area contributed by atoms with Crippen LogP contribution in [0.25, 0.3) is 10.8 Å². The van der Waals surface area contributed by atoms with E-state index in [9.17, 15) is 19.5 Å². The molecule has 3 heterocycles. The zero-order chi connectivity index (χ0) is 27.9. The quantitative estimate of drug-likeness (QED) is 0.380. The number of hydrogen-bond acceptors (Lipinski definition) is 6. The third kappa shape index (κ3) is 4.39. The predicted molar refractivity (Wildman–Crippen MR) is 150 cm³/mol. The van der Waals surface area contributed by atoms with Crippen LogP contribution < -0.4 is 15.4 Å². The summed E-state index contributed by atoms with van der Waals surface area (Å²) < 4.78 is 11.9. The Balaban J connectivity index is 1.27. The summed E-state index contributed by atoms with van der Waals surface area (Å²) >= 11 is 0. The van der Waals surface area contributed by atoms with Gasteiger partial charge in [0.25, 0.3) is 0 Å². The van der Waals surface area contributed by atoms with Crippen molar-refractivity contribution >= 4 is 39.9 Å². The van der Waals surface area contributed by atoms with Gasteiger partial charge in [0.05, 0.1) is 24.5 Å². The van der Waals surface area contributed by atoms with Crippen LogP contribution in [0.4, 0.5) is 11.4 Å². The van der Waals surface area contributed by atoms with Crippen LogP contribution in [-0.4, -0.2) is 65.2 Å². The number of aliphatic hydroxyl groups is 1. The van der Waals surface area contributed by atoms with E-state index in [1.807, 2.05) is 49.4 Å². The molecular formula is C31H33N3O6. The van der Waals surface area contributed by atoms with Gasteiger partial charge in [-0.1, -0.05) is 30.3 Å². The number of amides is 3. The first kappa shape index (κ1) is 26.3. The van der Waals surface area contributed by atoms with Gasteiger partial charge in [-0.25, -0.2) is 0 Å². The van der Waals surface area contributed by atoms with Gasteiger partial charge in [0, 0.05) is 24.5 Å². The molecule has 40 heavy (non-hydrogen) atoms. The lowest BCUT2D eigenvalue weighted by Gasteiger charge is -2.33. The molecule has 0 saturated carbocycles. The van der Waals surface area contributed by atoms with Gasteiger partial charge >= 0.3 is 0 Å². The van der Waals surface area contributed by atoms with Gasteiger partial charge in [0.1, 0.15) is 17.4 Å². The third-order valence-corrected chi connectivity index (χ3v) is 8.36. The van der Waals surface area contributed by atoms with Crippen molar-refractivity contribution in [1.82, 2.24) is 4.90 Å². The van der Waals surface area contributed by atoms with Gasteiger partial charge < -0.3 is 30.1 Å². The molecule has 3 aliphatic heterocycles. The van der Waals surface area contributed by atoms with Gasteiger partial charge in [0.15, 0.2) is 0 Å². The molecule has 3 aromatic rings. The van der Waals surface area contributed by atoms with Crippen LogP contribution in [0.3, 0.4) is 0 Å². The number of ether oxygens (including phenoxy) is 2. The first-order chi connectivity index (χ1) is 19.4. The minimum atomic E-state index is -1.10. The highest BCUT2D eigenvalue weighted by Gasteiger charge is 2.74. The number of fused-ring (bicyclic) bond motifs is 2.